The minimum atomic E-state index is -0.113. The van der Waals surface area contributed by atoms with E-state index < -0.39 is 0 Å². The van der Waals surface area contributed by atoms with Crippen molar-refractivity contribution in [1.29, 1.82) is 0 Å². The molecule has 0 radical (unpaired) electrons. The Labute approximate surface area is 139 Å². The highest BCUT2D eigenvalue weighted by Crippen LogP contribution is 2.60. The van der Waals surface area contributed by atoms with E-state index in [1.165, 1.54) is 23.5 Å². The predicted octanol–water partition coefficient (Wildman–Crippen LogP) is 3.45. The van der Waals surface area contributed by atoms with Crippen LogP contribution in [0.15, 0.2) is 53.1 Å². The molecule has 4 heteroatoms. The van der Waals surface area contributed by atoms with Crippen molar-refractivity contribution in [3.8, 4) is 5.75 Å². The molecule has 2 N–H and O–H groups in total. The Hall–Kier alpha value is -2.75. The van der Waals surface area contributed by atoms with E-state index in [1.807, 2.05) is 0 Å². The summed E-state index contributed by atoms with van der Waals surface area (Å²) in [6, 6.07) is 13.4. The van der Waals surface area contributed by atoms with Crippen molar-refractivity contribution >= 4 is 16.9 Å². The molecule has 1 amide bonds. The van der Waals surface area contributed by atoms with Crippen LogP contribution in [0, 0.1) is 11.8 Å². The van der Waals surface area contributed by atoms with Gasteiger partial charge in [0.05, 0.1) is 5.56 Å². The summed E-state index contributed by atoms with van der Waals surface area (Å²) in [7, 11) is 0. The molecule has 5 rings (SSSR count). The van der Waals surface area contributed by atoms with Gasteiger partial charge in [-0.25, -0.2) is 0 Å². The molecule has 2 aromatic carbocycles. The number of carbonyl (C=O) groups is 1. The van der Waals surface area contributed by atoms with E-state index in [0.717, 1.165) is 11.8 Å². The van der Waals surface area contributed by atoms with Gasteiger partial charge in [-0.1, -0.05) is 24.3 Å². The van der Waals surface area contributed by atoms with Crippen molar-refractivity contribution in [1.82, 2.24) is 5.32 Å². The van der Waals surface area contributed by atoms with Crippen molar-refractivity contribution < 1.29 is 14.3 Å². The average Bonchev–Trinajstić information content (AvgIpc) is 2.94. The van der Waals surface area contributed by atoms with Crippen LogP contribution >= 0.6 is 0 Å². The van der Waals surface area contributed by atoms with Gasteiger partial charge in [-0.3, -0.25) is 4.79 Å². The van der Waals surface area contributed by atoms with Crippen LogP contribution in [0.2, 0.25) is 0 Å². The smallest absolute Gasteiger partial charge is 0.255 e. The Morgan fingerprint density at radius 1 is 1.25 bits per heavy atom. The van der Waals surface area contributed by atoms with Crippen LogP contribution in [-0.4, -0.2) is 17.6 Å². The van der Waals surface area contributed by atoms with E-state index >= 15 is 0 Å². The molecule has 120 valence electrons. The topological polar surface area (TPSA) is 62.5 Å². The molecule has 1 fully saturated rings. The van der Waals surface area contributed by atoms with E-state index in [2.05, 4.69) is 29.6 Å². The summed E-state index contributed by atoms with van der Waals surface area (Å²) in [5, 5.41) is 13.3. The molecule has 0 aliphatic heterocycles. The van der Waals surface area contributed by atoms with Crippen molar-refractivity contribution in [2.24, 2.45) is 11.8 Å². The van der Waals surface area contributed by atoms with Crippen molar-refractivity contribution in [2.45, 2.75) is 12.3 Å². The number of hydrogen-bond acceptors (Lipinski definition) is 3. The number of phenolic OH excluding ortho intramolecular Hbond substituents is 1. The summed E-state index contributed by atoms with van der Waals surface area (Å²) >= 11 is 0. The maximum Gasteiger partial charge on any atom is 0.255 e. The molecule has 2 aliphatic carbocycles. The Kier molecular flexibility index (Phi) is 2.77. The van der Waals surface area contributed by atoms with Crippen LogP contribution < -0.4 is 5.32 Å². The molecular formula is C20H17NO3. The average molecular weight is 319 g/mol. The van der Waals surface area contributed by atoms with Gasteiger partial charge >= 0.3 is 0 Å². The summed E-state index contributed by atoms with van der Waals surface area (Å²) in [6.45, 7) is 0.702. The van der Waals surface area contributed by atoms with Crippen LogP contribution in [0.4, 0.5) is 0 Å². The largest absolute Gasteiger partial charge is 0.508 e. The van der Waals surface area contributed by atoms with Crippen molar-refractivity contribution in [2.75, 3.05) is 6.54 Å². The maximum atomic E-state index is 12.5. The van der Waals surface area contributed by atoms with Gasteiger partial charge in [-0.05, 0) is 47.4 Å². The van der Waals surface area contributed by atoms with Crippen LogP contribution in [0.1, 0.15) is 27.4 Å². The normalized spacial score (nSPS) is 23.8. The summed E-state index contributed by atoms with van der Waals surface area (Å²) < 4.78 is 5.37. The highest BCUT2D eigenvalue weighted by Gasteiger charge is 2.55. The first-order valence-electron chi connectivity index (χ1n) is 8.28. The number of amides is 1. The third kappa shape index (κ3) is 1.96. The van der Waals surface area contributed by atoms with Gasteiger partial charge in [0, 0.05) is 18.0 Å². The van der Waals surface area contributed by atoms with Crippen LogP contribution in [0.5, 0.6) is 5.75 Å². The molecule has 3 unspecified atom stereocenters. The lowest BCUT2D eigenvalue weighted by atomic mass is 10.0. The monoisotopic (exact) mass is 319 g/mol. The van der Waals surface area contributed by atoms with Crippen LogP contribution in [0.3, 0.4) is 0 Å². The Morgan fingerprint density at radius 2 is 2.12 bits per heavy atom. The van der Waals surface area contributed by atoms with E-state index in [-0.39, 0.29) is 11.7 Å². The standard InChI is InChI=1S/C20H17NO3/c22-12-5-6-14-17(10-24-18(14)8-12)20(23)21-9-16-15-7-11-3-1-2-4-13(11)19(15)16/h1-6,8,10,15-16,19,22H,7,9H2,(H,21,23). The van der Waals surface area contributed by atoms with Gasteiger partial charge in [0.2, 0.25) is 0 Å². The van der Waals surface area contributed by atoms with Gasteiger partial charge < -0.3 is 14.8 Å². The molecule has 4 nitrogen and oxygen atoms in total. The van der Waals surface area contributed by atoms with Gasteiger partial charge in [-0.15, -0.1) is 0 Å². The predicted molar refractivity (Wildman–Crippen MR) is 90.1 cm³/mol. The lowest BCUT2D eigenvalue weighted by Gasteiger charge is -2.08. The third-order valence-electron chi connectivity index (χ3n) is 5.50. The third-order valence-corrected chi connectivity index (χ3v) is 5.50. The fraction of sp³-hybridized carbons (Fsp3) is 0.250. The zero-order valence-corrected chi connectivity index (χ0v) is 13.0. The first-order valence-corrected chi connectivity index (χ1v) is 8.28. The number of rotatable bonds is 3. The molecule has 3 aromatic rings. The summed E-state index contributed by atoms with van der Waals surface area (Å²) in [5.41, 5.74) is 3.98. The quantitative estimate of drug-likeness (QED) is 0.777. The second-order valence-electron chi connectivity index (χ2n) is 6.80. The molecular weight excluding hydrogens is 302 g/mol. The van der Waals surface area contributed by atoms with Gasteiger partial charge in [-0.2, -0.15) is 0 Å². The number of aromatic hydroxyl groups is 1. The molecule has 1 heterocycles. The minimum Gasteiger partial charge on any atom is -0.508 e. The minimum absolute atomic E-state index is 0.113. The number of furan rings is 1. The Bertz CT molecular complexity index is 958. The zero-order chi connectivity index (χ0) is 16.3. The van der Waals surface area contributed by atoms with Gasteiger partial charge in [0.25, 0.3) is 5.91 Å². The lowest BCUT2D eigenvalue weighted by molar-refractivity contribution is 0.0952. The molecule has 24 heavy (non-hydrogen) atoms. The van der Waals surface area contributed by atoms with Crippen LogP contribution in [0.25, 0.3) is 11.0 Å². The molecule has 1 saturated carbocycles. The first-order chi connectivity index (χ1) is 11.7. The fourth-order valence-corrected chi connectivity index (χ4v) is 4.26. The van der Waals surface area contributed by atoms with Gasteiger partial charge in [0.1, 0.15) is 17.6 Å². The van der Waals surface area contributed by atoms with Crippen LogP contribution in [-0.2, 0) is 6.42 Å². The number of carbonyl (C=O) groups excluding carboxylic acids is 1. The van der Waals surface area contributed by atoms with E-state index in [9.17, 15) is 9.90 Å². The fourth-order valence-electron chi connectivity index (χ4n) is 4.26. The highest BCUT2D eigenvalue weighted by molar-refractivity contribution is 6.06. The number of nitrogens with one attached hydrogen (secondary N) is 1. The SMILES string of the molecule is O=C(NCC1C2Cc3ccccc3C12)c1coc2cc(O)ccc12. The molecule has 0 spiro atoms. The number of hydrogen-bond donors (Lipinski definition) is 2. The van der Waals surface area contributed by atoms with E-state index in [0.29, 0.717) is 35.4 Å². The van der Waals surface area contributed by atoms with E-state index in [1.54, 1.807) is 12.1 Å². The summed E-state index contributed by atoms with van der Waals surface area (Å²) in [6.07, 6.45) is 2.60. The number of benzene rings is 2. The second-order valence-corrected chi connectivity index (χ2v) is 6.80. The molecule has 3 atom stereocenters. The van der Waals surface area contributed by atoms with Crippen molar-refractivity contribution in [3.63, 3.8) is 0 Å². The Morgan fingerprint density at radius 3 is 3.04 bits per heavy atom. The molecule has 0 saturated heterocycles. The second kappa shape index (κ2) is 4.87. The molecule has 0 bridgehead atoms. The first kappa shape index (κ1) is 13.7. The van der Waals surface area contributed by atoms with Crippen molar-refractivity contribution in [3.05, 3.63) is 65.4 Å². The number of phenols is 1. The van der Waals surface area contributed by atoms with Gasteiger partial charge in [0.15, 0.2) is 0 Å². The zero-order valence-electron chi connectivity index (χ0n) is 13.0. The molecule has 2 aliphatic rings. The number of fused-ring (bicyclic) bond motifs is 4. The molecule has 1 aromatic heterocycles. The summed E-state index contributed by atoms with van der Waals surface area (Å²) in [4.78, 5) is 12.5. The van der Waals surface area contributed by atoms with E-state index in [4.69, 9.17) is 4.42 Å². The highest BCUT2D eigenvalue weighted by atomic mass is 16.3. The maximum absolute atomic E-state index is 12.5. The summed E-state index contributed by atoms with van der Waals surface area (Å²) in [5.74, 6) is 1.86. The lowest BCUT2D eigenvalue weighted by Crippen LogP contribution is -2.26. The Balaban J connectivity index is 1.29.